The molecular weight excluding hydrogens is 374 g/mol. The largest absolute Gasteiger partial charge is 0.256 e. The van der Waals surface area contributed by atoms with E-state index in [1.807, 2.05) is 36.5 Å². The lowest BCUT2D eigenvalue weighted by atomic mass is 9.91. The van der Waals surface area contributed by atoms with Gasteiger partial charge in [-0.15, -0.1) is 0 Å². The number of nitrogens with zero attached hydrogens (tertiary/aromatic N) is 1. The quantitative estimate of drug-likeness (QED) is 0.304. The lowest BCUT2D eigenvalue weighted by Crippen LogP contribution is -1.88. The maximum absolute atomic E-state index is 6.21. The van der Waals surface area contributed by atoms with Crippen molar-refractivity contribution in [3.8, 4) is 33.5 Å². The molecule has 1 aromatic heterocycles. The van der Waals surface area contributed by atoms with Crippen LogP contribution in [0.2, 0.25) is 5.02 Å². The van der Waals surface area contributed by atoms with Crippen molar-refractivity contribution in [3.05, 3.63) is 114 Å². The van der Waals surface area contributed by atoms with Gasteiger partial charge in [0.15, 0.2) is 0 Å². The fourth-order valence-electron chi connectivity index (χ4n) is 3.85. The Morgan fingerprint density at radius 2 is 1.24 bits per heavy atom. The molecule has 0 amide bonds. The van der Waals surface area contributed by atoms with Crippen LogP contribution in [0.4, 0.5) is 0 Å². The van der Waals surface area contributed by atoms with E-state index in [0.29, 0.717) is 0 Å². The van der Waals surface area contributed by atoms with E-state index in [1.54, 1.807) is 0 Å². The number of pyridine rings is 1. The zero-order valence-corrected chi connectivity index (χ0v) is 16.5. The fourth-order valence-corrected chi connectivity index (χ4v) is 4.04. The molecule has 4 aromatic carbocycles. The van der Waals surface area contributed by atoms with Crippen LogP contribution in [0.3, 0.4) is 0 Å². The van der Waals surface area contributed by atoms with Gasteiger partial charge >= 0.3 is 0 Å². The molecule has 0 saturated carbocycles. The van der Waals surface area contributed by atoms with Crippen molar-refractivity contribution in [3.63, 3.8) is 0 Å². The van der Waals surface area contributed by atoms with Gasteiger partial charge in [0.25, 0.3) is 0 Å². The van der Waals surface area contributed by atoms with Crippen LogP contribution in [-0.2, 0) is 0 Å². The van der Waals surface area contributed by atoms with Crippen molar-refractivity contribution in [1.29, 1.82) is 0 Å². The molecule has 0 spiro atoms. The van der Waals surface area contributed by atoms with Crippen LogP contribution in [0.5, 0.6) is 0 Å². The molecule has 0 bridgehead atoms. The summed E-state index contributed by atoms with van der Waals surface area (Å²) in [5, 5.41) is 3.17. The van der Waals surface area contributed by atoms with E-state index in [9.17, 15) is 0 Å². The van der Waals surface area contributed by atoms with Gasteiger partial charge in [0, 0.05) is 16.8 Å². The minimum Gasteiger partial charge on any atom is -0.256 e. The third-order valence-electron chi connectivity index (χ3n) is 5.18. The molecule has 0 aliphatic heterocycles. The predicted octanol–water partition coefficient (Wildman–Crippen LogP) is 7.89. The molecule has 1 heterocycles. The molecule has 138 valence electrons. The number of aromatic nitrogens is 1. The first kappa shape index (κ1) is 17.7. The van der Waals surface area contributed by atoms with Crippen LogP contribution in [0.1, 0.15) is 0 Å². The molecule has 0 saturated heterocycles. The van der Waals surface area contributed by atoms with Gasteiger partial charge in [0.2, 0.25) is 0 Å². The minimum absolute atomic E-state index is 0.746. The monoisotopic (exact) mass is 391 g/mol. The number of benzene rings is 4. The molecule has 0 fully saturated rings. The predicted molar refractivity (Wildman–Crippen MR) is 123 cm³/mol. The van der Waals surface area contributed by atoms with E-state index in [0.717, 1.165) is 27.4 Å². The highest BCUT2D eigenvalue weighted by molar-refractivity contribution is 6.30. The first-order valence-corrected chi connectivity index (χ1v) is 9.97. The summed E-state index contributed by atoms with van der Waals surface area (Å²) < 4.78 is 0. The van der Waals surface area contributed by atoms with Crippen molar-refractivity contribution in [1.82, 2.24) is 4.98 Å². The van der Waals surface area contributed by atoms with E-state index in [4.69, 9.17) is 11.6 Å². The average Bonchev–Trinajstić information content (AvgIpc) is 2.79. The second-order valence-corrected chi connectivity index (χ2v) is 7.45. The topological polar surface area (TPSA) is 12.9 Å². The lowest BCUT2D eigenvalue weighted by Gasteiger charge is -2.13. The molecule has 5 aromatic rings. The molecule has 0 radical (unpaired) electrons. The number of fused-ring (bicyclic) bond motifs is 1. The molecule has 0 atom stereocenters. The van der Waals surface area contributed by atoms with Crippen molar-refractivity contribution in [2.75, 3.05) is 0 Å². The van der Waals surface area contributed by atoms with Crippen LogP contribution in [0.15, 0.2) is 109 Å². The van der Waals surface area contributed by atoms with Gasteiger partial charge in [0.1, 0.15) is 0 Å². The summed E-state index contributed by atoms with van der Waals surface area (Å²) in [6, 6.07) is 35.5. The normalized spacial score (nSPS) is 10.9. The lowest BCUT2D eigenvalue weighted by molar-refractivity contribution is 1.33. The maximum Gasteiger partial charge on any atom is 0.0708 e. The molecule has 1 nitrogen and oxygen atoms in total. The minimum atomic E-state index is 0.746. The van der Waals surface area contributed by atoms with Gasteiger partial charge in [-0.2, -0.15) is 0 Å². The summed E-state index contributed by atoms with van der Waals surface area (Å²) in [7, 11) is 0. The van der Waals surface area contributed by atoms with Crippen molar-refractivity contribution >= 4 is 22.4 Å². The van der Waals surface area contributed by atoms with E-state index >= 15 is 0 Å². The number of rotatable bonds is 3. The van der Waals surface area contributed by atoms with Gasteiger partial charge in [-0.05, 0) is 63.4 Å². The molecule has 2 heteroatoms. The zero-order valence-electron chi connectivity index (χ0n) is 15.7. The van der Waals surface area contributed by atoms with E-state index in [2.05, 4.69) is 77.8 Å². The van der Waals surface area contributed by atoms with Gasteiger partial charge in [-0.1, -0.05) is 84.4 Å². The second kappa shape index (κ2) is 7.54. The molecule has 5 rings (SSSR count). The van der Waals surface area contributed by atoms with Crippen LogP contribution >= 0.6 is 11.6 Å². The Hall–Kier alpha value is -3.42. The van der Waals surface area contributed by atoms with Gasteiger partial charge < -0.3 is 0 Å². The zero-order chi connectivity index (χ0) is 19.6. The van der Waals surface area contributed by atoms with E-state index < -0.39 is 0 Å². The summed E-state index contributed by atoms with van der Waals surface area (Å²) in [4.78, 5) is 4.59. The maximum atomic E-state index is 6.21. The molecule has 0 aliphatic carbocycles. The summed E-state index contributed by atoms with van der Waals surface area (Å²) in [6.45, 7) is 0. The van der Waals surface area contributed by atoms with Crippen LogP contribution in [0.25, 0.3) is 44.3 Å². The van der Waals surface area contributed by atoms with Gasteiger partial charge in [-0.25, -0.2) is 0 Å². The summed E-state index contributed by atoms with van der Waals surface area (Å²) in [5.74, 6) is 0. The van der Waals surface area contributed by atoms with Crippen molar-refractivity contribution in [2.24, 2.45) is 0 Å². The van der Waals surface area contributed by atoms with Gasteiger partial charge in [0.05, 0.1) is 5.69 Å². The third kappa shape index (κ3) is 3.41. The third-order valence-corrected chi connectivity index (χ3v) is 5.41. The Balaban J connectivity index is 1.73. The standard InChI is InChI=1S/C27H18ClN/c28-23-12-4-10-21(18-23)20-9-3-11-22(17-20)24-13-5-7-19-8-6-14-25(27(19)24)26-15-1-2-16-29-26/h1-18H. The first-order valence-electron chi connectivity index (χ1n) is 9.59. The van der Waals surface area contributed by atoms with Crippen LogP contribution < -0.4 is 0 Å². The highest BCUT2D eigenvalue weighted by Gasteiger charge is 2.11. The Kier molecular flexibility index (Phi) is 4.59. The Morgan fingerprint density at radius 3 is 2.00 bits per heavy atom. The molecule has 0 N–H and O–H groups in total. The SMILES string of the molecule is Clc1cccc(-c2cccc(-c3cccc4cccc(-c5ccccn5)c34)c2)c1. The highest BCUT2D eigenvalue weighted by Crippen LogP contribution is 2.37. The Labute approximate surface area is 175 Å². The average molecular weight is 392 g/mol. The Morgan fingerprint density at radius 1 is 0.552 bits per heavy atom. The van der Waals surface area contributed by atoms with E-state index in [1.165, 1.54) is 21.9 Å². The Bertz CT molecular complexity index is 1300. The van der Waals surface area contributed by atoms with Crippen LogP contribution in [-0.4, -0.2) is 4.98 Å². The number of halogens is 1. The summed E-state index contributed by atoms with van der Waals surface area (Å²) >= 11 is 6.21. The second-order valence-electron chi connectivity index (χ2n) is 7.02. The number of hydrogen-bond acceptors (Lipinski definition) is 1. The molecule has 0 aliphatic rings. The molecule has 0 unspecified atom stereocenters. The van der Waals surface area contributed by atoms with Crippen LogP contribution in [0, 0.1) is 0 Å². The van der Waals surface area contributed by atoms with Crippen molar-refractivity contribution < 1.29 is 0 Å². The fraction of sp³-hybridized carbons (Fsp3) is 0. The smallest absolute Gasteiger partial charge is 0.0708 e. The van der Waals surface area contributed by atoms with E-state index in [-0.39, 0.29) is 0 Å². The molecular formula is C27H18ClN. The highest BCUT2D eigenvalue weighted by atomic mass is 35.5. The van der Waals surface area contributed by atoms with Gasteiger partial charge in [-0.3, -0.25) is 4.98 Å². The molecule has 29 heavy (non-hydrogen) atoms. The first-order chi connectivity index (χ1) is 14.3. The summed E-state index contributed by atoms with van der Waals surface area (Å²) in [5.41, 5.74) is 6.77. The summed E-state index contributed by atoms with van der Waals surface area (Å²) in [6.07, 6.45) is 1.84. The van der Waals surface area contributed by atoms with Crippen molar-refractivity contribution in [2.45, 2.75) is 0 Å². The number of hydrogen-bond donors (Lipinski definition) is 0.